The lowest BCUT2D eigenvalue weighted by molar-refractivity contribution is -0.137. The maximum atomic E-state index is 12.5. The van der Waals surface area contributed by atoms with Crippen molar-refractivity contribution in [2.24, 2.45) is 5.92 Å². The van der Waals surface area contributed by atoms with Crippen LogP contribution in [0.25, 0.3) is 0 Å². The molecule has 0 unspecified atom stereocenters. The number of carbonyl (C=O) groups is 2. The second kappa shape index (κ2) is 9.42. The van der Waals surface area contributed by atoms with Gasteiger partial charge < -0.3 is 19.7 Å². The van der Waals surface area contributed by atoms with E-state index in [9.17, 15) is 9.59 Å². The fourth-order valence-corrected chi connectivity index (χ4v) is 2.86. The third kappa shape index (κ3) is 5.74. The summed E-state index contributed by atoms with van der Waals surface area (Å²) in [6, 6.07) is 6.76. The number of amides is 2. The molecule has 1 fully saturated rings. The molecule has 2 rings (SSSR count). The van der Waals surface area contributed by atoms with Gasteiger partial charge in [0.2, 0.25) is 11.8 Å². The number of hydrogen-bond donors (Lipinski definition) is 1. The predicted molar refractivity (Wildman–Crippen MR) is 96.6 cm³/mol. The number of carbonyl (C=O) groups excluding carboxylic acids is 2. The molecule has 1 aliphatic heterocycles. The Morgan fingerprint density at radius 1 is 1.28 bits per heavy atom. The van der Waals surface area contributed by atoms with E-state index in [1.54, 1.807) is 36.3 Å². The van der Waals surface area contributed by atoms with Crippen molar-refractivity contribution in [1.29, 1.82) is 0 Å². The first-order chi connectivity index (χ1) is 12.0. The summed E-state index contributed by atoms with van der Waals surface area (Å²) >= 11 is 0. The molecular weight excluding hydrogens is 320 g/mol. The zero-order valence-electron chi connectivity index (χ0n) is 15.3. The summed E-state index contributed by atoms with van der Waals surface area (Å²) in [4.78, 5) is 26.6. The first-order valence-corrected chi connectivity index (χ1v) is 8.83. The van der Waals surface area contributed by atoms with Crippen LogP contribution in [0.4, 0.5) is 5.69 Å². The number of anilines is 1. The Morgan fingerprint density at radius 3 is 2.64 bits per heavy atom. The van der Waals surface area contributed by atoms with Crippen molar-refractivity contribution in [2.75, 3.05) is 32.2 Å². The molecule has 0 saturated carbocycles. The van der Waals surface area contributed by atoms with Crippen molar-refractivity contribution in [3.63, 3.8) is 0 Å². The standard InChI is InChI=1S/C19H28N2O4/c1-14(2)13-25-12-10-18(22)21-11-4-5-17(21)19(23)20-15-6-8-16(24-3)9-7-15/h6-9,14,17H,4-5,10-13H2,1-3H3,(H,20,23)/t17-/m1/s1. The Morgan fingerprint density at radius 2 is 2.00 bits per heavy atom. The second-order valence-corrected chi connectivity index (χ2v) is 6.68. The van der Waals surface area contributed by atoms with Crippen LogP contribution in [0.3, 0.4) is 0 Å². The van der Waals surface area contributed by atoms with Crippen LogP contribution in [0, 0.1) is 5.92 Å². The zero-order valence-corrected chi connectivity index (χ0v) is 15.3. The van der Waals surface area contributed by atoms with E-state index in [0.29, 0.717) is 44.2 Å². The van der Waals surface area contributed by atoms with Gasteiger partial charge in [-0.1, -0.05) is 13.8 Å². The van der Waals surface area contributed by atoms with E-state index in [2.05, 4.69) is 19.2 Å². The molecule has 1 N–H and O–H groups in total. The van der Waals surface area contributed by atoms with E-state index >= 15 is 0 Å². The lowest BCUT2D eigenvalue weighted by Gasteiger charge is -2.24. The van der Waals surface area contributed by atoms with Crippen LogP contribution >= 0.6 is 0 Å². The summed E-state index contributed by atoms with van der Waals surface area (Å²) in [7, 11) is 1.60. The van der Waals surface area contributed by atoms with Crippen LogP contribution in [0.1, 0.15) is 33.1 Å². The molecule has 138 valence electrons. The van der Waals surface area contributed by atoms with Gasteiger partial charge in [0.25, 0.3) is 0 Å². The van der Waals surface area contributed by atoms with Crippen molar-refractivity contribution in [3.05, 3.63) is 24.3 Å². The van der Waals surface area contributed by atoms with Gasteiger partial charge in [0.1, 0.15) is 11.8 Å². The third-order valence-electron chi connectivity index (χ3n) is 4.14. The summed E-state index contributed by atoms with van der Waals surface area (Å²) in [5.74, 6) is 1.03. The van der Waals surface area contributed by atoms with Gasteiger partial charge in [-0.05, 0) is 43.0 Å². The number of benzene rings is 1. The summed E-state index contributed by atoms with van der Waals surface area (Å²) in [5, 5.41) is 2.88. The quantitative estimate of drug-likeness (QED) is 0.734. The molecule has 0 spiro atoms. The first kappa shape index (κ1) is 19.2. The van der Waals surface area contributed by atoms with E-state index in [1.165, 1.54) is 0 Å². The molecule has 1 atom stereocenters. The SMILES string of the molecule is COc1ccc(NC(=O)[C@H]2CCCN2C(=O)CCOCC(C)C)cc1. The Labute approximate surface area is 149 Å². The van der Waals surface area contributed by atoms with Crippen molar-refractivity contribution < 1.29 is 19.1 Å². The minimum Gasteiger partial charge on any atom is -0.497 e. The minimum atomic E-state index is -0.403. The molecule has 6 heteroatoms. The van der Waals surface area contributed by atoms with Crippen molar-refractivity contribution >= 4 is 17.5 Å². The Bertz CT molecular complexity index is 571. The molecule has 6 nitrogen and oxygen atoms in total. The Kier molecular flexibility index (Phi) is 7.25. The second-order valence-electron chi connectivity index (χ2n) is 6.68. The maximum absolute atomic E-state index is 12.5. The van der Waals surface area contributed by atoms with Crippen molar-refractivity contribution in [2.45, 2.75) is 39.2 Å². The van der Waals surface area contributed by atoms with Crippen molar-refractivity contribution in [1.82, 2.24) is 4.90 Å². The number of nitrogens with one attached hydrogen (secondary N) is 1. The molecule has 0 radical (unpaired) electrons. The molecule has 1 aromatic rings. The van der Waals surface area contributed by atoms with Gasteiger partial charge in [0.15, 0.2) is 0 Å². The highest BCUT2D eigenvalue weighted by Crippen LogP contribution is 2.21. The molecule has 1 heterocycles. The molecule has 0 aliphatic carbocycles. The first-order valence-electron chi connectivity index (χ1n) is 8.83. The van der Waals surface area contributed by atoms with Gasteiger partial charge in [-0.3, -0.25) is 9.59 Å². The fourth-order valence-electron chi connectivity index (χ4n) is 2.86. The van der Waals surface area contributed by atoms with Crippen LogP contribution in [-0.4, -0.2) is 49.6 Å². The third-order valence-corrected chi connectivity index (χ3v) is 4.14. The minimum absolute atomic E-state index is 0.0175. The van der Waals surface area contributed by atoms with Gasteiger partial charge in [-0.2, -0.15) is 0 Å². The monoisotopic (exact) mass is 348 g/mol. The lowest BCUT2D eigenvalue weighted by atomic mass is 10.2. The summed E-state index contributed by atoms with van der Waals surface area (Å²) in [6.07, 6.45) is 1.86. The molecule has 1 aromatic carbocycles. The Hall–Kier alpha value is -2.08. The largest absolute Gasteiger partial charge is 0.497 e. The fraction of sp³-hybridized carbons (Fsp3) is 0.579. The number of hydrogen-bond acceptors (Lipinski definition) is 4. The van der Waals surface area contributed by atoms with E-state index in [-0.39, 0.29) is 11.8 Å². The molecule has 0 aromatic heterocycles. The summed E-state index contributed by atoms with van der Waals surface area (Å²) in [5.41, 5.74) is 0.699. The normalized spacial score (nSPS) is 17.0. The molecule has 0 bridgehead atoms. The molecule has 25 heavy (non-hydrogen) atoms. The van der Waals surface area contributed by atoms with E-state index < -0.39 is 6.04 Å². The highest BCUT2D eigenvalue weighted by atomic mass is 16.5. The van der Waals surface area contributed by atoms with Crippen LogP contribution in [-0.2, 0) is 14.3 Å². The van der Waals surface area contributed by atoms with Crippen LogP contribution in [0.2, 0.25) is 0 Å². The van der Waals surface area contributed by atoms with E-state index in [0.717, 1.165) is 12.2 Å². The number of likely N-dealkylation sites (tertiary alicyclic amines) is 1. The number of nitrogens with zero attached hydrogens (tertiary/aromatic N) is 1. The molecule has 1 saturated heterocycles. The summed E-state index contributed by atoms with van der Waals surface area (Å²) < 4.78 is 10.6. The molecule has 1 aliphatic rings. The van der Waals surface area contributed by atoms with E-state index in [1.807, 2.05) is 0 Å². The highest BCUT2D eigenvalue weighted by Gasteiger charge is 2.33. The van der Waals surface area contributed by atoms with E-state index in [4.69, 9.17) is 9.47 Å². The zero-order chi connectivity index (χ0) is 18.2. The maximum Gasteiger partial charge on any atom is 0.247 e. The van der Waals surface area contributed by atoms with Gasteiger partial charge in [0, 0.05) is 18.8 Å². The number of ether oxygens (including phenoxy) is 2. The average molecular weight is 348 g/mol. The lowest BCUT2D eigenvalue weighted by Crippen LogP contribution is -2.43. The van der Waals surface area contributed by atoms with Crippen LogP contribution in [0.5, 0.6) is 5.75 Å². The van der Waals surface area contributed by atoms with Crippen LogP contribution in [0.15, 0.2) is 24.3 Å². The van der Waals surface area contributed by atoms with Crippen molar-refractivity contribution in [3.8, 4) is 5.75 Å². The van der Waals surface area contributed by atoms with Gasteiger partial charge in [-0.25, -0.2) is 0 Å². The highest BCUT2D eigenvalue weighted by molar-refractivity contribution is 5.97. The number of methoxy groups -OCH3 is 1. The predicted octanol–water partition coefficient (Wildman–Crippen LogP) is 2.69. The smallest absolute Gasteiger partial charge is 0.247 e. The number of rotatable bonds is 8. The molecule has 2 amide bonds. The van der Waals surface area contributed by atoms with Gasteiger partial charge >= 0.3 is 0 Å². The Balaban J connectivity index is 1.86. The van der Waals surface area contributed by atoms with Gasteiger partial charge in [0.05, 0.1) is 20.1 Å². The topological polar surface area (TPSA) is 67.9 Å². The van der Waals surface area contributed by atoms with Gasteiger partial charge in [-0.15, -0.1) is 0 Å². The molecular formula is C19H28N2O4. The summed E-state index contributed by atoms with van der Waals surface area (Å²) in [6.45, 7) is 5.82. The average Bonchev–Trinajstić information content (AvgIpc) is 3.09. The van der Waals surface area contributed by atoms with Crippen LogP contribution < -0.4 is 10.1 Å².